The van der Waals surface area contributed by atoms with Gasteiger partial charge in [0.15, 0.2) is 0 Å². The lowest BCUT2D eigenvalue weighted by Crippen LogP contribution is -2.49. The fourth-order valence-corrected chi connectivity index (χ4v) is 1.29. The van der Waals surface area contributed by atoms with Crippen LogP contribution >= 0.6 is 0 Å². The average molecular weight is 203 g/mol. The molecule has 0 saturated carbocycles. The molecule has 14 heavy (non-hydrogen) atoms. The van der Waals surface area contributed by atoms with Crippen LogP contribution in [0.3, 0.4) is 0 Å². The number of alkyl carbamates (subject to hydrolysis) is 1. The molecule has 1 saturated heterocycles. The third kappa shape index (κ3) is 1.79. The van der Waals surface area contributed by atoms with E-state index < -0.39 is 23.5 Å². The smallest absolute Gasteiger partial charge is 0.407 e. The van der Waals surface area contributed by atoms with Gasteiger partial charge in [0.1, 0.15) is 5.41 Å². The molecule has 80 valence electrons. The van der Waals surface area contributed by atoms with Crippen molar-refractivity contribution in [3.8, 4) is 0 Å². The molecule has 0 bridgehead atoms. The number of hydrogen-bond acceptors (Lipinski definition) is 4. The van der Waals surface area contributed by atoms with Crippen LogP contribution in [0.4, 0.5) is 4.79 Å². The summed E-state index contributed by atoms with van der Waals surface area (Å²) in [6.45, 7) is 1.82. The Balaban J connectivity index is 2.68. The third-order valence-electron chi connectivity index (χ3n) is 2.42. The van der Waals surface area contributed by atoms with Gasteiger partial charge in [-0.2, -0.15) is 0 Å². The largest absolute Gasteiger partial charge is 0.481 e. The Hall–Kier alpha value is -1.30. The molecule has 0 aliphatic carbocycles. The number of hydrogen-bond donors (Lipinski definition) is 2. The van der Waals surface area contributed by atoms with E-state index >= 15 is 0 Å². The van der Waals surface area contributed by atoms with Crippen LogP contribution in [0, 0.1) is 5.41 Å². The first-order valence-corrected chi connectivity index (χ1v) is 4.16. The van der Waals surface area contributed by atoms with E-state index in [1.807, 2.05) is 0 Å². The zero-order valence-corrected chi connectivity index (χ0v) is 8.07. The predicted molar refractivity (Wildman–Crippen MR) is 45.9 cm³/mol. The minimum Gasteiger partial charge on any atom is -0.481 e. The second kappa shape index (κ2) is 3.83. The van der Waals surface area contributed by atoms with Gasteiger partial charge < -0.3 is 19.9 Å². The van der Waals surface area contributed by atoms with Gasteiger partial charge in [-0.05, 0) is 6.92 Å². The van der Waals surface area contributed by atoms with Crippen molar-refractivity contribution in [3.05, 3.63) is 0 Å². The Morgan fingerprint density at radius 2 is 2.29 bits per heavy atom. The maximum absolute atomic E-state index is 10.9. The highest BCUT2D eigenvalue weighted by Gasteiger charge is 2.47. The average Bonchev–Trinajstić information content (AvgIpc) is 2.49. The van der Waals surface area contributed by atoms with Gasteiger partial charge in [0.2, 0.25) is 0 Å². The maximum atomic E-state index is 10.9. The van der Waals surface area contributed by atoms with Crippen LogP contribution in [0.1, 0.15) is 6.92 Å². The molecule has 2 unspecified atom stereocenters. The van der Waals surface area contributed by atoms with Crippen LogP contribution in [0.25, 0.3) is 0 Å². The molecule has 2 N–H and O–H groups in total. The first-order valence-electron chi connectivity index (χ1n) is 4.16. The molecule has 0 spiro atoms. The molecule has 0 aromatic rings. The summed E-state index contributed by atoms with van der Waals surface area (Å²) in [6.07, 6.45) is -0.645. The Morgan fingerprint density at radius 1 is 1.64 bits per heavy atom. The van der Waals surface area contributed by atoms with Crippen LogP contribution in [0.5, 0.6) is 0 Å². The van der Waals surface area contributed by atoms with E-state index in [2.05, 4.69) is 10.1 Å². The van der Waals surface area contributed by atoms with Crippen LogP contribution in [0.2, 0.25) is 0 Å². The van der Waals surface area contributed by atoms with Crippen molar-refractivity contribution in [3.63, 3.8) is 0 Å². The highest BCUT2D eigenvalue weighted by atomic mass is 16.5. The Bertz CT molecular complexity index is 254. The number of methoxy groups -OCH3 is 1. The molecule has 1 fully saturated rings. The second-order valence-corrected chi connectivity index (χ2v) is 3.43. The standard InChI is InChI=1S/C8H13NO5/c1-8(6(10)11)4-14-3-5(8)9-7(12)13-2/h5H,3-4H2,1-2H3,(H,9,12)(H,10,11). The fraction of sp³-hybridized carbons (Fsp3) is 0.750. The molecule has 0 aromatic heterocycles. The van der Waals surface area contributed by atoms with Gasteiger partial charge in [0.05, 0.1) is 26.4 Å². The van der Waals surface area contributed by atoms with Gasteiger partial charge in [0, 0.05) is 0 Å². The molecular weight excluding hydrogens is 190 g/mol. The topological polar surface area (TPSA) is 84.9 Å². The Morgan fingerprint density at radius 3 is 2.79 bits per heavy atom. The minimum absolute atomic E-state index is 0.0942. The molecule has 0 radical (unpaired) electrons. The molecule has 6 nitrogen and oxygen atoms in total. The lowest BCUT2D eigenvalue weighted by atomic mass is 9.85. The van der Waals surface area contributed by atoms with Crippen LogP contribution in [0.15, 0.2) is 0 Å². The van der Waals surface area contributed by atoms with Crippen molar-refractivity contribution in [2.45, 2.75) is 13.0 Å². The van der Waals surface area contributed by atoms with Gasteiger partial charge >= 0.3 is 12.1 Å². The van der Waals surface area contributed by atoms with Crippen molar-refractivity contribution in [1.82, 2.24) is 5.32 Å². The van der Waals surface area contributed by atoms with E-state index in [0.29, 0.717) is 0 Å². The summed E-state index contributed by atoms with van der Waals surface area (Å²) < 4.78 is 9.41. The van der Waals surface area contributed by atoms with Gasteiger partial charge in [-0.1, -0.05) is 0 Å². The van der Waals surface area contributed by atoms with Crippen LogP contribution in [-0.4, -0.2) is 43.5 Å². The zero-order valence-electron chi connectivity index (χ0n) is 8.07. The highest BCUT2D eigenvalue weighted by Crippen LogP contribution is 2.28. The molecular formula is C8H13NO5. The highest BCUT2D eigenvalue weighted by molar-refractivity contribution is 5.77. The summed E-state index contributed by atoms with van der Waals surface area (Å²) in [5, 5.41) is 11.4. The summed E-state index contributed by atoms with van der Waals surface area (Å²) in [7, 11) is 1.23. The van der Waals surface area contributed by atoms with E-state index in [1.54, 1.807) is 0 Å². The molecule has 0 aromatic carbocycles. The molecule has 1 aliphatic rings. The molecule has 1 aliphatic heterocycles. The molecule has 1 heterocycles. The first-order chi connectivity index (χ1) is 6.50. The van der Waals surface area contributed by atoms with Crippen molar-refractivity contribution in [2.24, 2.45) is 5.41 Å². The first kappa shape index (κ1) is 10.8. The molecule has 1 amide bonds. The van der Waals surface area contributed by atoms with E-state index in [-0.39, 0.29) is 13.2 Å². The van der Waals surface area contributed by atoms with Crippen molar-refractivity contribution in [1.29, 1.82) is 0 Å². The number of amides is 1. The van der Waals surface area contributed by atoms with Gasteiger partial charge in [-0.15, -0.1) is 0 Å². The molecule has 1 rings (SSSR count). The SMILES string of the molecule is COC(=O)NC1COCC1(C)C(=O)O. The summed E-state index contributed by atoms with van der Waals surface area (Å²) >= 11 is 0. The number of rotatable bonds is 2. The number of carboxylic acid groups (broad SMARTS) is 1. The van der Waals surface area contributed by atoms with E-state index in [1.165, 1.54) is 14.0 Å². The summed E-state index contributed by atoms with van der Waals surface area (Å²) in [6, 6.07) is -0.549. The van der Waals surface area contributed by atoms with Crippen LogP contribution < -0.4 is 5.32 Å². The lowest BCUT2D eigenvalue weighted by Gasteiger charge is -2.24. The molecule has 6 heteroatoms. The number of carboxylic acids is 1. The van der Waals surface area contributed by atoms with E-state index in [0.717, 1.165) is 0 Å². The van der Waals surface area contributed by atoms with Crippen molar-refractivity contribution >= 4 is 12.1 Å². The minimum atomic E-state index is -1.08. The number of nitrogens with one attached hydrogen (secondary N) is 1. The van der Waals surface area contributed by atoms with Gasteiger partial charge in [-0.3, -0.25) is 4.79 Å². The van der Waals surface area contributed by atoms with E-state index in [9.17, 15) is 9.59 Å². The fourth-order valence-electron chi connectivity index (χ4n) is 1.29. The maximum Gasteiger partial charge on any atom is 0.407 e. The van der Waals surface area contributed by atoms with Gasteiger partial charge in [-0.25, -0.2) is 4.79 Å². The Labute approximate surface area is 81.2 Å². The second-order valence-electron chi connectivity index (χ2n) is 3.43. The normalized spacial score (nSPS) is 31.1. The van der Waals surface area contributed by atoms with E-state index in [4.69, 9.17) is 9.84 Å². The van der Waals surface area contributed by atoms with Gasteiger partial charge in [0.25, 0.3) is 0 Å². The predicted octanol–water partition coefficient (Wildman–Crippen LogP) is -0.168. The van der Waals surface area contributed by atoms with Crippen molar-refractivity contribution < 1.29 is 24.2 Å². The summed E-state index contributed by atoms with van der Waals surface area (Å²) in [4.78, 5) is 21.8. The number of aliphatic carboxylic acids is 1. The number of ether oxygens (including phenoxy) is 2. The van der Waals surface area contributed by atoms with Crippen LogP contribution in [-0.2, 0) is 14.3 Å². The number of carbonyl (C=O) groups is 2. The monoisotopic (exact) mass is 203 g/mol. The summed E-state index contributed by atoms with van der Waals surface area (Å²) in [5.41, 5.74) is -1.08. The molecule has 2 atom stereocenters. The quantitative estimate of drug-likeness (QED) is 0.651. The Kier molecular flexibility index (Phi) is 2.95. The lowest BCUT2D eigenvalue weighted by molar-refractivity contribution is -0.148. The summed E-state index contributed by atoms with van der Waals surface area (Å²) in [5.74, 6) is -0.989. The van der Waals surface area contributed by atoms with Crippen molar-refractivity contribution in [2.75, 3.05) is 20.3 Å². The zero-order chi connectivity index (χ0) is 10.8. The third-order valence-corrected chi connectivity index (χ3v) is 2.42. The number of carbonyl (C=O) groups excluding carboxylic acids is 1.